The van der Waals surface area contributed by atoms with Crippen molar-refractivity contribution < 1.29 is 4.79 Å². The maximum Gasteiger partial charge on any atom is 0.129 e. The van der Waals surface area contributed by atoms with Crippen LogP contribution in [0.4, 0.5) is 0 Å². The van der Waals surface area contributed by atoms with Crippen molar-refractivity contribution in [3.63, 3.8) is 0 Å². The molecule has 1 nitrogen and oxygen atoms in total. The third-order valence-corrected chi connectivity index (χ3v) is 2.19. The Morgan fingerprint density at radius 2 is 1.43 bits per heavy atom. The summed E-state index contributed by atoms with van der Waals surface area (Å²) in [5.74, 6) is 0.278. The Morgan fingerprint density at radius 3 is 1.86 bits per heavy atom. The molecule has 0 radical (unpaired) electrons. The molecule has 0 aromatic heterocycles. The highest BCUT2D eigenvalue weighted by molar-refractivity contribution is 5.75. The largest absolute Gasteiger partial charge is 0.300 e. The zero-order valence-corrected chi connectivity index (χ0v) is 9.57. The molecule has 0 fully saturated rings. The number of carbonyl (C=O) groups excluding carboxylic acids is 1. The number of hydrogen-bond acceptors (Lipinski definition) is 1. The van der Waals surface area contributed by atoms with Gasteiger partial charge in [0, 0.05) is 6.42 Å². The standard InChI is InChI=1S/C13H22O/c1-11(2)7-5-8-12(3)9-6-10-13(4)14/h1,3,5-10H2,2,4H3. The first-order valence-corrected chi connectivity index (χ1v) is 5.33. The Kier molecular flexibility index (Phi) is 7.09. The first-order valence-electron chi connectivity index (χ1n) is 5.33. The molecule has 0 aliphatic carbocycles. The minimum absolute atomic E-state index is 0.278. The first kappa shape index (κ1) is 13.2. The van der Waals surface area contributed by atoms with Gasteiger partial charge in [-0.2, -0.15) is 0 Å². The van der Waals surface area contributed by atoms with Gasteiger partial charge in [-0.15, -0.1) is 6.58 Å². The molecule has 0 aliphatic heterocycles. The van der Waals surface area contributed by atoms with E-state index < -0.39 is 0 Å². The normalized spacial score (nSPS) is 9.86. The van der Waals surface area contributed by atoms with Crippen LogP contribution in [-0.4, -0.2) is 5.78 Å². The van der Waals surface area contributed by atoms with Gasteiger partial charge in [0.05, 0.1) is 0 Å². The van der Waals surface area contributed by atoms with Gasteiger partial charge in [0.1, 0.15) is 5.78 Å². The van der Waals surface area contributed by atoms with Crippen molar-refractivity contribution in [3.05, 3.63) is 24.3 Å². The van der Waals surface area contributed by atoms with E-state index in [2.05, 4.69) is 20.1 Å². The summed E-state index contributed by atoms with van der Waals surface area (Å²) in [5, 5.41) is 0. The summed E-state index contributed by atoms with van der Waals surface area (Å²) >= 11 is 0. The number of ketones is 1. The lowest BCUT2D eigenvalue weighted by atomic mass is 10.0. The van der Waals surface area contributed by atoms with E-state index in [0.717, 1.165) is 32.1 Å². The average molecular weight is 194 g/mol. The number of Topliss-reactive ketones (excluding diaryl/α,β-unsaturated/α-hetero) is 1. The molecule has 14 heavy (non-hydrogen) atoms. The van der Waals surface area contributed by atoms with Gasteiger partial charge in [-0.05, 0) is 46.0 Å². The zero-order chi connectivity index (χ0) is 11.0. The van der Waals surface area contributed by atoms with Crippen LogP contribution in [0.3, 0.4) is 0 Å². The number of rotatable bonds is 8. The van der Waals surface area contributed by atoms with Gasteiger partial charge in [0.15, 0.2) is 0 Å². The monoisotopic (exact) mass is 194 g/mol. The Labute approximate surface area is 87.9 Å². The van der Waals surface area contributed by atoms with Gasteiger partial charge in [-0.1, -0.05) is 17.7 Å². The molecule has 0 saturated heterocycles. The third kappa shape index (κ3) is 9.24. The van der Waals surface area contributed by atoms with Crippen LogP contribution in [0.15, 0.2) is 24.3 Å². The quantitative estimate of drug-likeness (QED) is 0.533. The van der Waals surface area contributed by atoms with Gasteiger partial charge in [0.25, 0.3) is 0 Å². The Bertz CT molecular complexity index is 191. The second-order valence-electron chi connectivity index (χ2n) is 4.12. The summed E-state index contributed by atoms with van der Waals surface area (Å²) < 4.78 is 0. The van der Waals surface area contributed by atoms with Gasteiger partial charge in [0.2, 0.25) is 0 Å². The van der Waals surface area contributed by atoms with Crippen LogP contribution in [0.25, 0.3) is 0 Å². The van der Waals surface area contributed by atoms with E-state index in [9.17, 15) is 4.79 Å². The first-order chi connectivity index (χ1) is 6.52. The van der Waals surface area contributed by atoms with E-state index in [0.29, 0.717) is 6.42 Å². The van der Waals surface area contributed by atoms with E-state index >= 15 is 0 Å². The molecule has 0 unspecified atom stereocenters. The predicted octanol–water partition coefficient (Wildman–Crippen LogP) is 4.05. The molecule has 0 heterocycles. The van der Waals surface area contributed by atoms with E-state index in [1.165, 1.54) is 11.1 Å². The molecule has 0 saturated carbocycles. The lowest BCUT2D eigenvalue weighted by Crippen LogP contribution is -1.91. The van der Waals surface area contributed by atoms with Crippen molar-refractivity contribution in [2.75, 3.05) is 0 Å². The summed E-state index contributed by atoms with van der Waals surface area (Å²) in [5.41, 5.74) is 2.51. The Balaban J connectivity index is 3.37. The fourth-order valence-electron chi connectivity index (χ4n) is 1.35. The van der Waals surface area contributed by atoms with E-state index in [1.54, 1.807) is 6.92 Å². The lowest BCUT2D eigenvalue weighted by molar-refractivity contribution is -0.117. The van der Waals surface area contributed by atoms with Crippen LogP contribution < -0.4 is 0 Å². The molecule has 0 atom stereocenters. The summed E-state index contributed by atoms with van der Waals surface area (Å²) in [4.78, 5) is 10.7. The molecule has 0 amide bonds. The summed E-state index contributed by atoms with van der Waals surface area (Å²) in [6, 6.07) is 0. The molecule has 0 aliphatic rings. The molecule has 0 bridgehead atoms. The Hall–Kier alpha value is -0.850. The van der Waals surface area contributed by atoms with Crippen molar-refractivity contribution in [2.24, 2.45) is 0 Å². The average Bonchev–Trinajstić information content (AvgIpc) is 2.02. The predicted molar refractivity (Wildman–Crippen MR) is 62.3 cm³/mol. The van der Waals surface area contributed by atoms with Crippen LogP contribution in [0.1, 0.15) is 52.4 Å². The zero-order valence-electron chi connectivity index (χ0n) is 9.57. The highest BCUT2D eigenvalue weighted by Crippen LogP contribution is 2.14. The van der Waals surface area contributed by atoms with Gasteiger partial charge < -0.3 is 4.79 Å². The molecule has 0 aromatic rings. The van der Waals surface area contributed by atoms with E-state index in [4.69, 9.17) is 0 Å². The van der Waals surface area contributed by atoms with E-state index in [-0.39, 0.29) is 5.78 Å². The highest BCUT2D eigenvalue weighted by atomic mass is 16.1. The van der Waals surface area contributed by atoms with Gasteiger partial charge in [-0.25, -0.2) is 0 Å². The van der Waals surface area contributed by atoms with Gasteiger partial charge >= 0.3 is 0 Å². The van der Waals surface area contributed by atoms with Crippen LogP contribution in [-0.2, 0) is 4.79 Å². The summed E-state index contributed by atoms with van der Waals surface area (Å²) in [6.07, 6.45) is 5.96. The van der Waals surface area contributed by atoms with E-state index in [1.807, 2.05) is 0 Å². The van der Waals surface area contributed by atoms with Crippen LogP contribution >= 0.6 is 0 Å². The molecular weight excluding hydrogens is 172 g/mol. The number of carbonyl (C=O) groups is 1. The second kappa shape index (κ2) is 7.54. The molecule has 0 N–H and O–H groups in total. The van der Waals surface area contributed by atoms with Crippen molar-refractivity contribution >= 4 is 5.78 Å². The smallest absolute Gasteiger partial charge is 0.129 e. The van der Waals surface area contributed by atoms with Crippen LogP contribution in [0, 0.1) is 0 Å². The Morgan fingerprint density at radius 1 is 0.929 bits per heavy atom. The van der Waals surface area contributed by atoms with Crippen molar-refractivity contribution in [1.82, 2.24) is 0 Å². The number of hydrogen-bond donors (Lipinski definition) is 0. The molecule has 1 heteroatoms. The lowest BCUT2D eigenvalue weighted by Gasteiger charge is -2.04. The topological polar surface area (TPSA) is 17.1 Å². The fourth-order valence-corrected chi connectivity index (χ4v) is 1.35. The van der Waals surface area contributed by atoms with Crippen molar-refractivity contribution in [2.45, 2.75) is 52.4 Å². The summed E-state index contributed by atoms with van der Waals surface area (Å²) in [6.45, 7) is 11.6. The second-order valence-corrected chi connectivity index (χ2v) is 4.12. The van der Waals surface area contributed by atoms with Crippen molar-refractivity contribution in [1.29, 1.82) is 0 Å². The number of allylic oxidation sites excluding steroid dienone is 2. The molecule has 0 spiro atoms. The van der Waals surface area contributed by atoms with Gasteiger partial charge in [-0.3, -0.25) is 0 Å². The fraction of sp³-hybridized carbons (Fsp3) is 0.615. The molecular formula is C13H22O. The van der Waals surface area contributed by atoms with Crippen LogP contribution in [0.2, 0.25) is 0 Å². The minimum Gasteiger partial charge on any atom is -0.300 e. The maximum absolute atomic E-state index is 10.7. The third-order valence-electron chi connectivity index (χ3n) is 2.19. The van der Waals surface area contributed by atoms with Crippen LogP contribution in [0.5, 0.6) is 0 Å². The van der Waals surface area contributed by atoms with Crippen molar-refractivity contribution in [3.8, 4) is 0 Å². The molecule has 80 valence electrons. The molecule has 0 rings (SSSR count). The maximum atomic E-state index is 10.7. The molecule has 0 aromatic carbocycles. The highest BCUT2D eigenvalue weighted by Gasteiger charge is 1.97. The minimum atomic E-state index is 0.278. The summed E-state index contributed by atoms with van der Waals surface area (Å²) in [7, 11) is 0. The SMILES string of the molecule is C=C(C)CCCC(=C)CCCC(C)=O.